The summed E-state index contributed by atoms with van der Waals surface area (Å²) in [5, 5.41) is 0. The van der Waals surface area contributed by atoms with Gasteiger partial charge in [-0.15, -0.1) is 0 Å². The molecule has 1 aromatic carbocycles. The van der Waals surface area contributed by atoms with E-state index >= 15 is 0 Å². The molecule has 22 heavy (non-hydrogen) atoms. The summed E-state index contributed by atoms with van der Waals surface area (Å²) < 4.78 is 33.1. The molecule has 0 radical (unpaired) electrons. The number of ether oxygens (including phenoxy) is 1. The number of rotatable bonds is 4. The first-order chi connectivity index (χ1) is 10.5. The molecule has 0 fully saturated rings. The van der Waals surface area contributed by atoms with Crippen LogP contribution in [0.4, 0.5) is 5.82 Å². The molecular weight excluding hydrogens is 302 g/mol. The first-order valence-electron chi connectivity index (χ1n) is 7.06. The zero-order chi connectivity index (χ0) is 15.7. The summed E-state index contributed by atoms with van der Waals surface area (Å²) in [5.74, 6) is 1.19. The molecule has 1 aliphatic heterocycles. The van der Waals surface area contributed by atoms with Gasteiger partial charge in [-0.05, 0) is 29.7 Å². The fourth-order valence-corrected chi connectivity index (χ4v) is 3.45. The van der Waals surface area contributed by atoms with E-state index in [0.717, 1.165) is 23.3 Å². The minimum absolute atomic E-state index is 0.118. The third-order valence-corrected chi connectivity index (χ3v) is 4.90. The van der Waals surface area contributed by atoms with E-state index in [4.69, 9.17) is 4.74 Å². The molecule has 0 unspecified atom stereocenters. The van der Waals surface area contributed by atoms with E-state index in [-0.39, 0.29) is 10.8 Å². The van der Waals surface area contributed by atoms with Gasteiger partial charge in [0.1, 0.15) is 17.9 Å². The van der Waals surface area contributed by atoms with E-state index in [0.29, 0.717) is 12.4 Å². The second-order valence-corrected chi connectivity index (χ2v) is 7.14. The van der Waals surface area contributed by atoms with E-state index in [1.807, 2.05) is 13.8 Å². The van der Waals surface area contributed by atoms with Gasteiger partial charge in [-0.1, -0.05) is 13.8 Å². The molecule has 0 aliphatic carbocycles. The number of hydrogen-bond acceptors (Lipinski definition) is 5. The van der Waals surface area contributed by atoms with Crippen molar-refractivity contribution in [1.29, 1.82) is 0 Å². The summed E-state index contributed by atoms with van der Waals surface area (Å²) in [6.45, 7) is 4.52. The maximum absolute atomic E-state index is 12.6. The number of nitrogens with zero attached hydrogens (tertiary/aromatic N) is 2. The lowest BCUT2D eigenvalue weighted by Crippen LogP contribution is -2.16. The van der Waals surface area contributed by atoms with E-state index in [2.05, 4.69) is 14.7 Å². The lowest BCUT2D eigenvalue weighted by atomic mass is 10.1. The summed E-state index contributed by atoms with van der Waals surface area (Å²) in [6.07, 6.45) is 3.69. The van der Waals surface area contributed by atoms with Crippen LogP contribution in [0.3, 0.4) is 0 Å². The molecule has 0 saturated heterocycles. The largest absolute Gasteiger partial charge is 0.493 e. The van der Waals surface area contributed by atoms with Crippen molar-refractivity contribution in [2.75, 3.05) is 11.3 Å². The summed E-state index contributed by atoms with van der Waals surface area (Å²) in [7, 11) is -3.69. The normalized spacial score (nSPS) is 13.8. The van der Waals surface area contributed by atoms with E-state index in [1.165, 1.54) is 6.33 Å². The Morgan fingerprint density at radius 3 is 2.91 bits per heavy atom. The molecule has 0 amide bonds. The van der Waals surface area contributed by atoms with Crippen molar-refractivity contribution < 1.29 is 13.2 Å². The third-order valence-electron chi connectivity index (χ3n) is 3.56. The lowest BCUT2D eigenvalue weighted by molar-refractivity contribution is 0.356. The Morgan fingerprint density at radius 2 is 2.14 bits per heavy atom. The summed E-state index contributed by atoms with van der Waals surface area (Å²) in [4.78, 5) is 8.22. The maximum Gasteiger partial charge on any atom is 0.263 e. The van der Waals surface area contributed by atoms with E-state index < -0.39 is 10.0 Å². The van der Waals surface area contributed by atoms with Crippen LogP contribution < -0.4 is 9.46 Å². The average molecular weight is 319 g/mol. The molecule has 116 valence electrons. The van der Waals surface area contributed by atoms with E-state index in [9.17, 15) is 8.42 Å². The minimum Gasteiger partial charge on any atom is -0.493 e. The summed E-state index contributed by atoms with van der Waals surface area (Å²) >= 11 is 0. The Hall–Kier alpha value is -2.15. The number of hydrogen-bond donors (Lipinski definition) is 1. The molecule has 0 atom stereocenters. The van der Waals surface area contributed by atoms with Gasteiger partial charge in [-0.3, -0.25) is 4.72 Å². The zero-order valence-electron chi connectivity index (χ0n) is 12.4. The first-order valence-corrected chi connectivity index (χ1v) is 8.54. The minimum atomic E-state index is -3.69. The Labute approximate surface area is 129 Å². The van der Waals surface area contributed by atoms with Crippen molar-refractivity contribution in [1.82, 2.24) is 9.97 Å². The molecular formula is C15H17N3O3S. The van der Waals surface area contributed by atoms with Crippen LogP contribution >= 0.6 is 0 Å². The molecule has 6 nitrogen and oxygen atoms in total. The van der Waals surface area contributed by atoms with Gasteiger partial charge in [0.2, 0.25) is 0 Å². The molecule has 1 aromatic heterocycles. The highest BCUT2D eigenvalue weighted by Gasteiger charge is 2.21. The van der Waals surface area contributed by atoms with Gasteiger partial charge in [-0.2, -0.15) is 0 Å². The number of aromatic nitrogens is 2. The van der Waals surface area contributed by atoms with Crippen LogP contribution in [-0.4, -0.2) is 25.0 Å². The Bertz CT molecular complexity index is 803. The Balaban J connectivity index is 1.94. The topological polar surface area (TPSA) is 81.2 Å². The first kappa shape index (κ1) is 14.8. The highest BCUT2D eigenvalue weighted by Crippen LogP contribution is 2.29. The van der Waals surface area contributed by atoms with Crippen LogP contribution in [0, 0.1) is 0 Å². The van der Waals surface area contributed by atoms with Crippen molar-refractivity contribution >= 4 is 15.8 Å². The maximum atomic E-state index is 12.6. The van der Waals surface area contributed by atoms with Crippen molar-refractivity contribution in [3.8, 4) is 5.75 Å². The van der Waals surface area contributed by atoms with Gasteiger partial charge in [0.25, 0.3) is 10.0 Å². The van der Waals surface area contributed by atoms with Gasteiger partial charge in [-0.25, -0.2) is 18.4 Å². The fourth-order valence-electron chi connectivity index (χ4n) is 2.36. The predicted molar refractivity (Wildman–Crippen MR) is 82.6 cm³/mol. The van der Waals surface area contributed by atoms with Crippen molar-refractivity contribution in [2.45, 2.75) is 31.1 Å². The smallest absolute Gasteiger partial charge is 0.263 e. The second kappa shape index (κ2) is 5.57. The van der Waals surface area contributed by atoms with Crippen LogP contribution in [0.1, 0.15) is 30.9 Å². The van der Waals surface area contributed by atoms with Crippen LogP contribution in [0.25, 0.3) is 0 Å². The highest BCUT2D eigenvalue weighted by atomic mass is 32.2. The van der Waals surface area contributed by atoms with Gasteiger partial charge in [0.05, 0.1) is 11.5 Å². The van der Waals surface area contributed by atoms with E-state index in [1.54, 1.807) is 24.4 Å². The number of fused-ring (bicyclic) bond motifs is 1. The molecule has 1 aliphatic rings. The van der Waals surface area contributed by atoms with Gasteiger partial charge in [0.15, 0.2) is 0 Å². The quantitative estimate of drug-likeness (QED) is 0.935. The molecule has 7 heteroatoms. The fraction of sp³-hybridized carbons (Fsp3) is 0.333. The molecule has 2 heterocycles. The zero-order valence-corrected chi connectivity index (χ0v) is 13.2. The van der Waals surface area contributed by atoms with Crippen LogP contribution in [0.5, 0.6) is 5.75 Å². The standard InChI is InChI=1S/C15H17N3O3S/c1-10(2)13-8-16-9-17-15(13)18-22(19,20)12-3-4-14-11(7-12)5-6-21-14/h3-4,7-10H,5-6H2,1-2H3,(H,16,17,18). The number of sulfonamides is 1. The summed E-state index contributed by atoms with van der Waals surface area (Å²) in [6, 6.07) is 4.89. The van der Waals surface area contributed by atoms with Crippen LogP contribution in [0.15, 0.2) is 35.6 Å². The van der Waals surface area contributed by atoms with Crippen molar-refractivity contribution in [2.24, 2.45) is 0 Å². The SMILES string of the molecule is CC(C)c1cncnc1NS(=O)(=O)c1ccc2c(c1)CCO2. The molecule has 1 N–H and O–H groups in total. The van der Waals surface area contributed by atoms with Gasteiger partial charge in [0, 0.05) is 18.2 Å². The highest BCUT2D eigenvalue weighted by molar-refractivity contribution is 7.92. The molecule has 0 spiro atoms. The molecule has 3 rings (SSSR count). The number of nitrogens with one attached hydrogen (secondary N) is 1. The lowest BCUT2D eigenvalue weighted by Gasteiger charge is -2.13. The van der Waals surface area contributed by atoms with Crippen LogP contribution in [0.2, 0.25) is 0 Å². The van der Waals surface area contributed by atoms with Crippen molar-refractivity contribution in [3.63, 3.8) is 0 Å². The molecule has 0 bridgehead atoms. The average Bonchev–Trinajstić information content (AvgIpc) is 2.94. The number of anilines is 1. The number of benzene rings is 1. The Morgan fingerprint density at radius 1 is 1.32 bits per heavy atom. The van der Waals surface area contributed by atoms with Gasteiger partial charge >= 0.3 is 0 Å². The predicted octanol–water partition coefficient (Wildman–Crippen LogP) is 2.34. The van der Waals surface area contributed by atoms with Crippen molar-refractivity contribution in [3.05, 3.63) is 41.9 Å². The third kappa shape index (κ3) is 2.76. The summed E-state index contributed by atoms with van der Waals surface area (Å²) in [5.41, 5.74) is 1.67. The van der Waals surface area contributed by atoms with Crippen LogP contribution in [-0.2, 0) is 16.4 Å². The molecule has 0 saturated carbocycles. The molecule has 2 aromatic rings. The second-order valence-electron chi connectivity index (χ2n) is 5.45. The monoisotopic (exact) mass is 319 g/mol. The Kier molecular flexibility index (Phi) is 3.74. The van der Waals surface area contributed by atoms with Gasteiger partial charge < -0.3 is 4.74 Å².